The third-order valence-corrected chi connectivity index (χ3v) is 4.38. The highest BCUT2D eigenvalue weighted by Crippen LogP contribution is 2.29. The van der Waals surface area contributed by atoms with Gasteiger partial charge in [0.15, 0.2) is 17.6 Å². The third-order valence-electron chi connectivity index (χ3n) is 4.38. The summed E-state index contributed by atoms with van der Waals surface area (Å²) >= 11 is 0. The maximum absolute atomic E-state index is 13.8. The molecule has 0 aliphatic carbocycles. The number of carbonyl (C=O) groups is 1. The fraction of sp³-hybridized carbons (Fsp3) is 0.300. The molecule has 3 rings (SSSR count). The molecule has 7 heteroatoms. The molecule has 1 atom stereocenters. The number of rotatable bonds is 6. The van der Waals surface area contributed by atoms with Gasteiger partial charge in [0, 0.05) is 19.0 Å². The van der Waals surface area contributed by atoms with Gasteiger partial charge in [-0.1, -0.05) is 17.3 Å². The molecule has 0 radical (unpaired) electrons. The summed E-state index contributed by atoms with van der Waals surface area (Å²) < 4.78 is 24.4. The number of oxime groups is 1. The lowest BCUT2D eigenvalue weighted by Crippen LogP contribution is -2.35. The van der Waals surface area contributed by atoms with Crippen LogP contribution >= 0.6 is 0 Å². The fourth-order valence-electron chi connectivity index (χ4n) is 2.94. The van der Waals surface area contributed by atoms with E-state index in [0.29, 0.717) is 24.5 Å². The highest BCUT2D eigenvalue weighted by molar-refractivity contribution is 6.02. The van der Waals surface area contributed by atoms with Gasteiger partial charge in [-0.25, -0.2) is 4.39 Å². The van der Waals surface area contributed by atoms with E-state index in [1.807, 2.05) is 12.1 Å². The Hall–Kier alpha value is -3.09. The second-order valence-corrected chi connectivity index (χ2v) is 6.20. The number of halogens is 1. The van der Waals surface area contributed by atoms with Crippen molar-refractivity contribution in [3.8, 4) is 11.5 Å². The number of methoxy groups -OCH3 is 2. The van der Waals surface area contributed by atoms with E-state index in [-0.39, 0.29) is 11.7 Å². The van der Waals surface area contributed by atoms with E-state index < -0.39 is 11.7 Å². The minimum Gasteiger partial charge on any atom is -0.493 e. The predicted octanol–water partition coefficient (Wildman–Crippen LogP) is 3.11. The van der Waals surface area contributed by atoms with Crippen molar-refractivity contribution in [1.29, 1.82) is 0 Å². The first kappa shape index (κ1) is 18.7. The highest BCUT2D eigenvalue weighted by atomic mass is 19.1. The summed E-state index contributed by atoms with van der Waals surface area (Å²) in [6, 6.07) is 11.4. The number of amides is 1. The molecule has 27 heavy (non-hydrogen) atoms. The average molecular weight is 372 g/mol. The molecule has 0 spiro atoms. The van der Waals surface area contributed by atoms with Gasteiger partial charge in [-0.2, -0.15) is 0 Å². The van der Waals surface area contributed by atoms with E-state index >= 15 is 0 Å². The zero-order valence-corrected chi connectivity index (χ0v) is 15.4. The summed E-state index contributed by atoms with van der Waals surface area (Å²) in [5.74, 6) is 0.306. The van der Waals surface area contributed by atoms with Gasteiger partial charge in [-0.05, 0) is 30.3 Å². The van der Waals surface area contributed by atoms with E-state index in [4.69, 9.17) is 14.3 Å². The van der Waals surface area contributed by atoms with E-state index in [0.717, 1.165) is 11.3 Å². The first-order chi connectivity index (χ1) is 13.0. The first-order valence-electron chi connectivity index (χ1n) is 8.48. The molecule has 2 aromatic carbocycles. The van der Waals surface area contributed by atoms with Crippen molar-refractivity contribution in [3.05, 3.63) is 59.4 Å². The second-order valence-electron chi connectivity index (χ2n) is 6.20. The van der Waals surface area contributed by atoms with E-state index in [1.54, 1.807) is 39.5 Å². The maximum Gasteiger partial charge on any atom is 0.256 e. The molecule has 1 amide bonds. The Labute approximate surface area is 157 Å². The van der Waals surface area contributed by atoms with Crippen LogP contribution < -0.4 is 9.47 Å². The number of ether oxygens (including phenoxy) is 2. The first-order valence-corrected chi connectivity index (χ1v) is 8.48. The van der Waals surface area contributed by atoms with Crippen LogP contribution in [0.1, 0.15) is 22.3 Å². The molecule has 0 fully saturated rings. The topological polar surface area (TPSA) is 60.4 Å². The number of nitrogens with zero attached hydrogens (tertiary/aromatic N) is 2. The molecule has 0 saturated carbocycles. The number of benzene rings is 2. The van der Waals surface area contributed by atoms with Gasteiger partial charge in [0.05, 0.1) is 32.0 Å². The number of carbonyl (C=O) groups excluding carboxylic acids is 1. The van der Waals surface area contributed by atoms with Crippen LogP contribution in [0.2, 0.25) is 0 Å². The summed E-state index contributed by atoms with van der Waals surface area (Å²) in [5, 5.41) is 4.13. The number of likely N-dealkylation sites (N-methyl/N-ethyl adjacent to an activating group) is 1. The van der Waals surface area contributed by atoms with Crippen molar-refractivity contribution in [3.63, 3.8) is 0 Å². The lowest BCUT2D eigenvalue weighted by atomic mass is 10.0. The van der Waals surface area contributed by atoms with E-state index in [9.17, 15) is 9.18 Å². The van der Waals surface area contributed by atoms with Gasteiger partial charge in [0.2, 0.25) is 0 Å². The van der Waals surface area contributed by atoms with Crippen molar-refractivity contribution in [2.45, 2.75) is 12.5 Å². The molecule has 0 unspecified atom stereocenters. The molecule has 1 aliphatic rings. The monoisotopic (exact) mass is 372 g/mol. The van der Waals surface area contributed by atoms with Crippen LogP contribution in [-0.2, 0) is 4.84 Å². The molecule has 0 N–H and O–H groups in total. The second kappa shape index (κ2) is 8.07. The normalized spacial score (nSPS) is 15.7. The number of hydrogen-bond donors (Lipinski definition) is 0. The fourth-order valence-corrected chi connectivity index (χ4v) is 2.94. The van der Waals surface area contributed by atoms with Crippen LogP contribution in [0.15, 0.2) is 47.6 Å². The summed E-state index contributed by atoms with van der Waals surface area (Å²) in [4.78, 5) is 19.3. The molecule has 1 aliphatic heterocycles. The van der Waals surface area contributed by atoms with Crippen LogP contribution in [0.4, 0.5) is 4.39 Å². The molecule has 0 bridgehead atoms. The Bertz CT molecular complexity index is 869. The standard InChI is InChI=1S/C20H21FN2O4/c1-23(20(24)15-6-4-5-7-16(15)21)12-14-11-17(22-27-14)13-8-9-18(25-2)19(10-13)26-3/h4-10,14H,11-12H2,1-3H3/t14-/m0/s1. The van der Waals surface area contributed by atoms with Crippen molar-refractivity contribution < 1.29 is 23.5 Å². The maximum atomic E-state index is 13.8. The largest absolute Gasteiger partial charge is 0.493 e. The van der Waals surface area contributed by atoms with Crippen LogP contribution in [0.5, 0.6) is 11.5 Å². The van der Waals surface area contributed by atoms with Gasteiger partial charge in [0.25, 0.3) is 5.91 Å². The molecule has 2 aromatic rings. The smallest absolute Gasteiger partial charge is 0.256 e. The molecular formula is C20H21FN2O4. The Kier molecular flexibility index (Phi) is 5.59. The average Bonchev–Trinajstić information content (AvgIpc) is 3.15. The predicted molar refractivity (Wildman–Crippen MR) is 98.9 cm³/mol. The van der Waals surface area contributed by atoms with Crippen LogP contribution in [0.25, 0.3) is 0 Å². The van der Waals surface area contributed by atoms with Crippen molar-refractivity contribution in [2.24, 2.45) is 5.16 Å². The highest BCUT2D eigenvalue weighted by Gasteiger charge is 2.26. The quantitative estimate of drug-likeness (QED) is 0.782. The molecular weight excluding hydrogens is 351 g/mol. The lowest BCUT2D eigenvalue weighted by molar-refractivity contribution is 0.0479. The van der Waals surface area contributed by atoms with Crippen molar-refractivity contribution >= 4 is 11.6 Å². The molecule has 6 nitrogen and oxygen atoms in total. The third kappa shape index (κ3) is 4.02. The number of hydrogen-bond acceptors (Lipinski definition) is 5. The van der Waals surface area contributed by atoms with Crippen LogP contribution in [0.3, 0.4) is 0 Å². The molecule has 1 heterocycles. The SMILES string of the molecule is COc1ccc(C2=NO[C@H](CN(C)C(=O)c3ccccc3F)C2)cc1OC. The Morgan fingerprint density at radius 2 is 1.96 bits per heavy atom. The zero-order chi connectivity index (χ0) is 19.4. The summed E-state index contributed by atoms with van der Waals surface area (Å²) in [6.07, 6.45) is 0.235. The van der Waals surface area contributed by atoms with Gasteiger partial charge in [0.1, 0.15) is 5.82 Å². The zero-order valence-electron chi connectivity index (χ0n) is 15.4. The summed E-state index contributed by atoms with van der Waals surface area (Å²) in [6.45, 7) is 0.299. The van der Waals surface area contributed by atoms with E-state index in [2.05, 4.69) is 5.16 Å². The van der Waals surface area contributed by atoms with Crippen molar-refractivity contribution in [1.82, 2.24) is 4.90 Å². The van der Waals surface area contributed by atoms with Gasteiger partial charge < -0.3 is 19.2 Å². The van der Waals surface area contributed by atoms with Gasteiger partial charge in [-0.3, -0.25) is 4.79 Å². The van der Waals surface area contributed by atoms with Gasteiger partial charge in [-0.15, -0.1) is 0 Å². The Morgan fingerprint density at radius 1 is 1.22 bits per heavy atom. The minimum atomic E-state index is -0.538. The van der Waals surface area contributed by atoms with Crippen LogP contribution in [0, 0.1) is 5.82 Å². The molecule has 0 aromatic heterocycles. The van der Waals surface area contributed by atoms with Crippen LogP contribution in [-0.4, -0.2) is 50.4 Å². The van der Waals surface area contributed by atoms with Crippen molar-refractivity contribution in [2.75, 3.05) is 27.8 Å². The Balaban J connectivity index is 1.64. The van der Waals surface area contributed by atoms with E-state index in [1.165, 1.54) is 17.0 Å². The lowest BCUT2D eigenvalue weighted by Gasteiger charge is -2.20. The Morgan fingerprint density at radius 3 is 2.67 bits per heavy atom. The van der Waals surface area contributed by atoms with Gasteiger partial charge >= 0.3 is 0 Å². The molecule has 142 valence electrons. The molecule has 0 saturated heterocycles. The summed E-state index contributed by atoms with van der Waals surface area (Å²) in [7, 11) is 4.76. The minimum absolute atomic E-state index is 0.0408. The summed E-state index contributed by atoms with van der Waals surface area (Å²) in [5.41, 5.74) is 1.66.